The molecular weight excluding hydrogens is 424 g/mol. The largest absolute Gasteiger partial charge is 0.344 e. The minimum Gasteiger partial charge on any atom is -0.344 e. The van der Waals surface area contributed by atoms with Crippen molar-refractivity contribution in [2.24, 2.45) is 5.92 Å². The Kier molecular flexibility index (Phi) is 7.36. The molecule has 1 aliphatic rings. The van der Waals surface area contributed by atoms with Crippen molar-refractivity contribution in [1.29, 1.82) is 0 Å². The Hall–Kier alpha value is -3.54. The maximum Gasteiger partial charge on any atom is 0.251 e. The fourth-order valence-corrected chi connectivity index (χ4v) is 4.49. The molecule has 176 valence electrons. The molecule has 0 aliphatic heterocycles. The van der Waals surface area contributed by atoms with Gasteiger partial charge >= 0.3 is 0 Å². The summed E-state index contributed by atoms with van der Waals surface area (Å²) in [5.41, 5.74) is 4.99. The van der Waals surface area contributed by atoms with E-state index in [2.05, 4.69) is 27.4 Å². The third-order valence-electron chi connectivity index (χ3n) is 6.61. The van der Waals surface area contributed by atoms with Gasteiger partial charge in [-0.2, -0.15) is 0 Å². The van der Waals surface area contributed by atoms with Crippen molar-refractivity contribution in [3.05, 3.63) is 77.9 Å². The zero-order chi connectivity index (χ0) is 24.1. The minimum atomic E-state index is -0.297. The predicted molar refractivity (Wildman–Crippen MR) is 135 cm³/mol. The molecule has 1 aliphatic carbocycles. The molecule has 34 heavy (non-hydrogen) atoms. The summed E-state index contributed by atoms with van der Waals surface area (Å²) in [7, 11) is 1.81. The molecule has 1 N–H and O–H groups in total. The SMILES string of the molecule is Cc1ccc(-c2cc(C(=O)NC(C)c3cnccn3)cc(N(C)C(=O)C3CCCCC3)c2)cc1. The van der Waals surface area contributed by atoms with Crippen LogP contribution in [-0.4, -0.2) is 28.8 Å². The first-order valence-corrected chi connectivity index (χ1v) is 12.0. The van der Waals surface area contributed by atoms with E-state index in [9.17, 15) is 9.59 Å². The Bertz CT molecular complexity index is 1140. The number of carbonyl (C=O) groups excluding carboxylic acids is 2. The summed E-state index contributed by atoms with van der Waals surface area (Å²) >= 11 is 0. The topological polar surface area (TPSA) is 75.2 Å². The number of carbonyl (C=O) groups is 2. The second-order valence-corrected chi connectivity index (χ2v) is 9.19. The van der Waals surface area contributed by atoms with Gasteiger partial charge in [-0.15, -0.1) is 0 Å². The van der Waals surface area contributed by atoms with Crippen molar-refractivity contribution in [1.82, 2.24) is 15.3 Å². The number of rotatable bonds is 6. The molecule has 2 amide bonds. The van der Waals surface area contributed by atoms with Crippen LogP contribution in [0.2, 0.25) is 0 Å². The molecule has 0 spiro atoms. The van der Waals surface area contributed by atoms with E-state index in [0.717, 1.165) is 42.5 Å². The number of amides is 2. The molecule has 3 aromatic rings. The second kappa shape index (κ2) is 10.6. The number of benzene rings is 2. The lowest BCUT2D eigenvalue weighted by Crippen LogP contribution is -2.34. The quantitative estimate of drug-likeness (QED) is 0.532. The minimum absolute atomic E-state index is 0.0516. The van der Waals surface area contributed by atoms with Crippen molar-refractivity contribution in [2.75, 3.05) is 11.9 Å². The van der Waals surface area contributed by atoms with Crippen molar-refractivity contribution >= 4 is 17.5 Å². The van der Waals surface area contributed by atoms with E-state index < -0.39 is 0 Å². The highest BCUT2D eigenvalue weighted by molar-refractivity contribution is 6.00. The van der Waals surface area contributed by atoms with Crippen LogP contribution in [0.25, 0.3) is 11.1 Å². The molecule has 2 aromatic carbocycles. The van der Waals surface area contributed by atoms with Gasteiger partial charge in [0, 0.05) is 36.6 Å². The summed E-state index contributed by atoms with van der Waals surface area (Å²) in [5.74, 6) is -0.0392. The monoisotopic (exact) mass is 456 g/mol. The van der Waals surface area contributed by atoms with E-state index in [-0.39, 0.29) is 23.8 Å². The van der Waals surface area contributed by atoms with E-state index in [4.69, 9.17) is 0 Å². The lowest BCUT2D eigenvalue weighted by molar-refractivity contribution is -0.123. The summed E-state index contributed by atoms with van der Waals surface area (Å²) in [5, 5.41) is 3.01. The van der Waals surface area contributed by atoms with Crippen LogP contribution in [0.3, 0.4) is 0 Å². The van der Waals surface area contributed by atoms with E-state index in [1.54, 1.807) is 29.6 Å². The molecular formula is C28H32N4O2. The molecule has 0 saturated heterocycles. The number of hydrogen-bond donors (Lipinski definition) is 1. The fourth-order valence-electron chi connectivity index (χ4n) is 4.49. The van der Waals surface area contributed by atoms with Crippen LogP contribution >= 0.6 is 0 Å². The third-order valence-corrected chi connectivity index (χ3v) is 6.61. The van der Waals surface area contributed by atoms with E-state index in [0.29, 0.717) is 11.3 Å². The number of nitrogens with zero attached hydrogens (tertiary/aromatic N) is 3. The zero-order valence-corrected chi connectivity index (χ0v) is 20.1. The Balaban J connectivity index is 1.66. The van der Waals surface area contributed by atoms with Gasteiger partial charge in [-0.3, -0.25) is 19.6 Å². The van der Waals surface area contributed by atoms with Crippen LogP contribution in [0.4, 0.5) is 5.69 Å². The molecule has 6 heteroatoms. The Morgan fingerprint density at radius 3 is 2.41 bits per heavy atom. The van der Waals surface area contributed by atoms with E-state index in [1.165, 1.54) is 12.0 Å². The van der Waals surface area contributed by atoms with Crippen LogP contribution in [0.1, 0.15) is 66.7 Å². The Morgan fingerprint density at radius 1 is 1.00 bits per heavy atom. The van der Waals surface area contributed by atoms with Gasteiger partial charge in [0.05, 0.1) is 17.9 Å². The number of anilines is 1. The second-order valence-electron chi connectivity index (χ2n) is 9.19. The van der Waals surface area contributed by atoms with Gasteiger partial charge in [-0.25, -0.2) is 0 Å². The molecule has 1 aromatic heterocycles. The highest BCUT2D eigenvalue weighted by Crippen LogP contribution is 2.31. The van der Waals surface area contributed by atoms with Crippen molar-refractivity contribution in [3.8, 4) is 11.1 Å². The first-order chi connectivity index (χ1) is 16.4. The average Bonchev–Trinajstić information content (AvgIpc) is 2.89. The average molecular weight is 457 g/mol. The van der Waals surface area contributed by atoms with Crippen molar-refractivity contribution < 1.29 is 9.59 Å². The lowest BCUT2D eigenvalue weighted by Gasteiger charge is -2.27. The lowest BCUT2D eigenvalue weighted by atomic mass is 9.88. The van der Waals surface area contributed by atoms with Crippen LogP contribution in [-0.2, 0) is 4.79 Å². The summed E-state index contributed by atoms with van der Waals surface area (Å²) < 4.78 is 0. The summed E-state index contributed by atoms with van der Waals surface area (Å²) in [4.78, 5) is 36.6. The molecule has 6 nitrogen and oxygen atoms in total. The maximum absolute atomic E-state index is 13.2. The first-order valence-electron chi connectivity index (χ1n) is 12.0. The number of aryl methyl sites for hydroxylation is 1. The van der Waals surface area contributed by atoms with E-state index >= 15 is 0 Å². The number of hydrogen-bond acceptors (Lipinski definition) is 4. The summed E-state index contributed by atoms with van der Waals surface area (Å²) in [6, 6.07) is 13.6. The van der Waals surface area contributed by atoms with Crippen molar-refractivity contribution in [2.45, 2.75) is 52.0 Å². The molecule has 0 bridgehead atoms. The standard InChI is InChI=1S/C28H32N4O2/c1-19-9-11-21(12-10-19)23-15-24(27(33)31-20(2)26-18-29-13-14-30-26)17-25(16-23)32(3)28(34)22-7-5-4-6-8-22/h9-18,20,22H,4-8H2,1-3H3,(H,31,33). The number of nitrogens with one attached hydrogen (secondary N) is 1. The van der Waals surface area contributed by atoms with Crippen LogP contribution < -0.4 is 10.2 Å². The predicted octanol–water partition coefficient (Wildman–Crippen LogP) is 5.49. The van der Waals surface area contributed by atoms with Crippen LogP contribution in [0.5, 0.6) is 0 Å². The van der Waals surface area contributed by atoms with Gasteiger partial charge in [0.2, 0.25) is 5.91 Å². The van der Waals surface area contributed by atoms with Gasteiger partial charge < -0.3 is 10.2 Å². The van der Waals surface area contributed by atoms with Gasteiger partial charge in [0.25, 0.3) is 5.91 Å². The van der Waals surface area contributed by atoms with Crippen LogP contribution in [0.15, 0.2) is 61.1 Å². The highest BCUT2D eigenvalue weighted by atomic mass is 16.2. The van der Waals surface area contributed by atoms with Gasteiger partial charge in [0.15, 0.2) is 0 Å². The third kappa shape index (κ3) is 5.50. The molecule has 1 fully saturated rings. The van der Waals surface area contributed by atoms with Crippen molar-refractivity contribution in [3.63, 3.8) is 0 Å². The number of aromatic nitrogens is 2. The van der Waals surface area contributed by atoms with E-state index in [1.807, 2.05) is 45.2 Å². The molecule has 1 atom stereocenters. The van der Waals surface area contributed by atoms with Gasteiger partial charge in [-0.05, 0) is 56.0 Å². The summed E-state index contributed by atoms with van der Waals surface area (Å²) in [6.45, 7) is 3.93. The Morgan fingerprint density at radius 2 is 1.74 bits per heavy atom. The van der Waals surface area contributed by atoms with Crippen LogP contribution in [0, 0.1) is 12.8 Å². The smallest absolute Gasteiger partial charge is 0.251 e. The summed E-state index contributed by atoms with van der Waals surface area (Å²) in [6.07, 6.45) is 10.1. The maximum atomic E-state index is 13.2. The fraction of sp³-hybridized carbons (Fsp3) is 0.357. The molecule has 1 heterocycles. The first kappa shape index (κ1) is 23.6. The molecule has 1 unspecified atom stereocenters. The van der Waals surface area contributed by atoms with Gasteiger partial charge in [0.1, 0.15) is 0 Å². The molecule has 1 saturated carbocycles. The van der Waals surface area contributed by atoms with Gasteiger partial charge in [-0.1, -0.05) is 49.1 Å². The zero-order valence-electron chi connectivity index (χ0n) is 20.1. The highest BCUT2D eigenvalue weighted by Gasteiger charge is 2.26. The molecule has 4 rings (SSSR count). The molecule has 0 radical (unpaired) electrons. The Labute approximate surface area is 201 Å². The normalized spacial score (nSPS) is 14.9.